The largest absolute Gasteiger partial charge is 0.418 e. The molecule has 0 saturated carbocycles. The molecule has 0 spiro atoms. The Morgan fingerprint density at radius 3 is 2.67 bits per heavy atom. The number of nitrogens with one attached hydrogen (secondary N) is 1. The van der Waals surface area contributed by atoms with Crippen LogP contribution in [0.2, 0.25) is 0 Å². The lowest BCUT2D eigenvalue weighted by atomic mass is 9.91. The fourth-order valence-corrected chi connectivity index (χ4v) is 2.27. The Labute approximate surface area is 110 Å². The molecular formula is C11H17N5OS. The predicted molar refractivity (Wildman–Crippen MR) is 69.3 cm³/mol. The quantitative estimate of drug-likeness (QED) is 0.913. The Kier molecular flexibility index (Phi) is 3.72. The molecular weight excluding hydrogens is 250 g/mol. The van der Waals surface area contributed by atoms with Crippen molar-refractivity contribution in [3.8, 4) is 10.8 Å². The Bertz CT molecular complexity index is 513. The van der Waals surface area contributed by atoms with Crippen molar-refractivity contribution >= 4 is 11.5 Å². The topological polar surface area (TPSA) is 76.7 Å². The third-order valence-corrected chi connectivity index (χ3v) is 3.10. The first-order chi connectivity index (χ1) is 8.52. The van der Waals surface area contributed by atoms with Crippen LogP contribution in [-0.2, 0) is 12.0 Å². The van der Waals surface area contributed by atoms with Crippen LogP contribution >= 0.6 is 11.5 Å². The van der Waals surface area contributed by atoms with E-state index in [0.29, 0.717) is 18.3 Å². The Hall–Kier alpha value is -1.34. The fraction of sp³-hybridized carbons (Fsp3) is 0.636. The van der Waals surface area contributed by atoms with Crippen molar-refractivity contribution < 1.29 is 4.42 Å². The highest BCUT2D eigenvalue weighted by atomic mass is 32.1. The molecule has 1 N–H and O–H groups in total. The Morgan fingerprint density at radius 1 is 1.22 bits per heavy atom. The van der Waals surface area contributed by atoms with Crippen molar-refractivity contribution in [3.63, 3.8) is 0 Å². The highest BCUT2D eigenvalue weighted by molar-refractivity contribution is 7.09. The van der Waals surface area contributed by atoms with Crippen molar-refractivity contribution in [1.82, 2.24) is 25.1 Å². The molecule has 0 saturated heterocycles. The molecule has 0 atom stereocenters. The van der Waals surface area contributed by atoms with Crippen LogP contribution in [-0.4, -0.2) is 26.3 Å². The van der Waals surface area contributed by atoms with Crippen molar-refractivity contribution in [2.24, 2.45) is 0 Å². The van der Waals surface area contributed by atoms with E-state index in [1.165, 1.54) is 11.5 Å². The SMILES string of the molecule is CCNCc1nnc(-c2snnc2C(C)(C)C)o1. The smallest absolute Gasteiger partial charge is 0.261 e. The zero-order chi connectivity index (χ0) is 13.2. The molecule has 0 aliphatic rings. The van der Waals surface area contributed by atoms with Crippen LogP contribution in [0.3, 0.4) is 0 Å². The van der Waals surface area contributed by atoms with Crippen LogP contribution in [0.5, 0.6) is 0 Å². The molecule has 0 aromatic carbocycles. The molecule has 0 aliphatic carbocycles. The van der Waals surface area contributed by atoms with Crippen LogP contribution in [0, 0.1) is 0 Å². The summed E-state index contributed by atoms with van der Waals surface area (Å²) in [6.45, 7) is 9.74. The molecule has 98 valence electrons. The molecule has 0 radical (unpaired) electrons. The molecule has 2 aromatic rings. The monoisotopic (exact) mass is 267 g/mol. The van der Waals surface area contributed by atoms with Gasteiger partial charge in [-0.1, -0.05) is 32.2 Å². The molecule has 0 bridgehead atoms. The van der Waals surface area contributed by atoms with Crippen molar-refractivity contribution in [2.75, 3.05) is 6.54 Å². The average molecular weight is 267 g/mol. The lowest BCUT2D eigenvalue weighted by Gasteiger charge is -2.14. The molecule has 0 unspecified atom stereocenters. The summed E-state index contributed by atoms with van der Waals surface area (Å²) in [5, 5.41) is 15.4. The van der Waals surface area contributed by atoms with Gasteiger partial charge < -0.3 is 9.73 Å². The summed E-state index contributed by atoms with van der Waals surface area (Å²) in [6.07, 6.45) is 0. The van der Waals surface area contributed by atoms with E-state index in [2.05, 4.69) is 45.9 Å². The zero-order valence-corrected chi connectivity index (χ0v) is 11.8. The predicted octanol–water partition coefficient (Wildman–Crippen LogP) is 2.00. The van der Waals surface area contributed by atoms with E-state index < -0.39 is 0 Å². The van der Waals surface area contributed by atoms with Crippen LogP contribution in [0.15, 0.2) is 4.42 Å². The lowest BCUT2D eigenvalue weighted by Crippen LogP contribution is -2.13. The number of hydrogen-bond donors (Lipinski definition) is 1. The third kappa shape index (κ3) is 2.73. The fourth-order valence-electron chi connectivity index (χ4n) is 1.47. The standard InChI is InChI=1S/C11H17N5OS/c1-5-12-6-7-13-15-10(17-7)8-9(11(2,3)4)14-16-18-8/h12H,5-6H2,1-4H3. The van der Waals surface area contributed by atoms with Gasteiger partial charge in [-0.05, 0) is 18.1 Å². The minimum absolute atomic E-state index is 0.0847. The van der Waals surface area contributed by atoms with Gasteiger partial charge in [0.25, 0.3) is 5.89 Å². The molecule has 6 nitrogen and oxygen atoms in total. The van der Waals surface area contributed by atoms with Crippen molar-refractivity contribution in [1.29, 1.82) is 0 Å². The maximum Gasteiger partial charge on any atom is 0.261 e. The van der Waals surface area contributed by atoms with Crippen LogP contribution < -0.4 is 5.32 Å². The van der Waals surface area contributed by atoms with E-state index in [-0.39, 0.29) is 5.41 Å². The van der Waals surface area contributed by atoms with Gasteiger partial charge in [0.2, 0.25) is 5.89 Å². The highest BCUT2D eigenvalue weighted by Crippen LogP contribution is 2.32. The molecule has 0 amide bonds. The zero-order valence-electron chi connectivity index (χ0n) is 11.0. The van der Waals surface area contributed by atoms with E-state index in [4.69, 9.17) is 4.42 Å². The summed E-state index contributed by atoms with van der Waals surface area (Å²) in [5.74, 6) is 1.09. The van der Waals surface area contributed by atoms with Gasteiger partial charge in [0, 0.05) is 5.41 Å². The van der Waals surface area contributed by atoms with Crippen molar-refractivity contribution in [3.05, 3.63) is 11.6 Å². The average Bonchev–Trinajstić information content (AvgIpc) is 2.93. The Morgan fingerprint density at radius 2 is 2.00 bits per heavy atom. The number of nitrogens with zero attached hydrogens (tertiary/aromatic N) is 4. The van der Waals surface area contributed by atoms with E-state index in [1.54, 1.807) is 0 Å². The molecule has 0 aliphatic heterocycles. The van der Waals surface area contributed by atoms with E-state index in [0.717, 1.165) is 17.1 Å². The van der Waals surface area contributed by atoms with Gasteiger partial charge >= 0.3 is 0 Å². The van der Waals surface area contributed by atoms with E-state index in [1.807, 2.05) is 6.92 Å². The van der Waals surface area contributed by atoms with Gasteiger partial charge in [0.05, 0.1) is 12.2 Å². The third-order valence-electron chi connectivity index (χ3n) is 2.39. The van der Waals surface area contributed by atoms with Gasteiger partial charge in [-0.25, -0.2) is 0 Å². The summed E-state index contributed by atoms with van der Waals surface area (Å²) < 4.78 is 9.60. The van der Waals surface area contributed by atoms with Gasteiger partial charge in [0.1, 0.15) is 4.88 Å². The summed E-state index contributed by atoms with van der Waals surface area (Å²) >= 11 is 1.29. The summed E-state index contributed by atoms with van der Waals surface area (Å²) in [6, 6.07) is 0. The van der Waals surface area contributed by atoms with Gasteiger partial charge in [-0.3, -0.25) is 0 Å². The second-order valence-electron chi connectivity index (χ2n) is 4.98. The van der Waals surface area contributed by atoms with Gasteiger partial charge in [0.15, 0.2) is 0 Å². The van der Waals surface area contributed by atoms with Crippen LogP contribution in [0.1, 0.15) is 39.3 Å². The maximum atomic E-state index is 5.61. The highest BCUT2D eigenvalue weighted by Gasteiger charge is 2.26. The summed E-state index contributed by atoms with van der Waals surface area (Å²) in [4.78, 5) is 0.859. The van der Waals surface area contributed by atoms with Gasteiger partial charge in [-0.2, -0.15) is 0 Å². The first-order valence-corrected chi connectivity index (χ1v) is 6.66. The van der Waals surface area contributed by atoms with Crippen LogP contribution in [0.4, 0.5) is 0 Å². The molecule has 2 heterocycles. The maximum absolute atomic E-state index is 5.61. The van der Waals surface area contributed by atoms with Crippen LogP contribution in [0.25, 0.3) is 10.8 Å². The summed E-state index contributed by atoms with van der Waals surface area (Å²) in [5.41, 5.74) is 0.810. The summed E-state index contributed by atoms with van der Waals surface area (Å²) in [7, 11) is 0. The molecule has 18 heavy (non-hydrogen) atoms. The molecule has 2 rings (SSSR count). The minimum Gasteiger partial charge on any atom is -0.418 e. The molecule has 2 aromatic heterocycles. The second kappa shape index (κ2) is 5.11. The molecule has 0 fully saturated rings. The lowest BCUT2D eigenvalue weighted by molar-refractivity contribution is 0.480. The normalized spacial score (nSPS) is 12.0. The number of rotatable bonds is 4. The Balaban J connectivity index is 2.27. The van der Waals surface area contributed by atoms with Gasteiger partial charge in [-0.15, -0.1) is 15.3 Å². The first-order valence-electron chi connectivity index (χ1n) is 5.88. The number of aromatic nitrogens is 4. The molecule has 7 heteroatoms. The second-order valence-corrected chi connectivity index (χ2v) is 5.74. The number of hydrogen-bond acceptors (Lipinski definition) is 7. The van der Waals surface area contributed by atoms with Crippen molar-refractivity contribution in [2.45, 2.75) is 39.7 Å². The van der Waals surface area contributed by atoms with E-state index >= 15 is 0 Å². The van der Waals surface area contributed by atoms with E-state index in [9.17, 15) is 0 Å². The minimum atomic E-state index is -0.0847. The first kappa shape index (κ1) is 13.1.